The molecule has 0 spiro atoms. The van der Waals surface area contributed by atoms with Crippen molar-refractivity contribution in [2.45, 2.75) is 4.34 Å². The van der Waals surface area contributed by atoms with Crippen molar-refractivity contribution < 1.29 is 8.42 Å². The normalized spacial score (nSPS) is 12.1. The smallest absolute Gasteiger partial charge is 0.225 e. The highest BCUT2D eigenvalue weighted by Crippen LogP contribution is 2.24. The molecule has 8 heteroatoms. The van der Waals surface area contributed by atoms with Gasteiger partial charge in [-0.2, -0.15) is 0 Å². The average Bonchev–Trinajstić information content (AvgIpc) is 2.88. The highest BCUT2D eigenvalue weighted by molar-refractivity contribution is 7.91. The average molecular weight is 280 g/mol. The summed E-state index contributed by atoms with van der Waals surface area (Å²) in [5.41, 5.74) is 1.65. The molecule has 0 aliphatic carbocycles. The molecule has 18 heavy (non-hydrogen) atoms. The number of nitrogens with two attached hydrogens (primary N) is 1. The lowest BCUT2D eigenvalue weighted by Gasteiger charge is -1.96. The van der Waals surface area contributed by atoms with Crippen molar-refractivity contribution in [2.75, 3.05) is 0 Å². The van der Waals surface area contributed by atoms with Crippen molar-refractivity contribution >= 4 is 26.3 Å². The molecule has 0 aliphatic rings. The highest BCUT2D eigenvalue weighted by Gasteiger charge is 2.18. The second kappa shape index (κ2) is 3.87. The fraction of sp³-hybridized carbons (Fsp3) is 0. The number of fused-ring (bicyclic) bond motifs is 1. The van der Waals surface area contributed by atoms with Crippen molar-refractivity contribution in [1.29, 1.82) is 0 Å². The third kappa shape index (κ3) is 1.80. The molecule has 0 saturated heterocycles. The Morgan fingerprint density at radius 1 is 1.22 bits per heavy atom. The molecule has 0 atom stereocenters. The lowest BCUT2D eigenvalue weighted by atomic mass is 10.2. The zero-order valence-electron chi connectivity index (χ0n) is 9.02. The van der Waals surface area contributed by atoms with Gasteiger partial charge >= 0.3 is 0 Å². The third-order valence-electron chi connectivity index (χ3n) is 2.38. The first kappa shape index (κ1) is 11.3. The SMILES string of the molecule is NS(=O)(=O)c1nn2c(-c3ccccc3)cnc2s1. The number of hydrogen-bond acceptors (Lipinski definition) is 5. The number of nitrogens with zero attached hydrogens (tertiary/aromatic N) is 3. The number of benzene rings is 1. The number of hydrogen-bond donors (Lipinski definition) is 1. The maximum atomic E-state index is 11.2. The van der Waals surface area contributed by atoms with Crippen molar-refractivity contribution in [3.8, 4) is 11.3 Å². The van der Waals surface area contributed by atoms with Crippen LogP contribution in [0.1, 0.15) is 0 Å². The van der Waals surface area contributed by atoms with Crippen LogP contribution in [0.2, 0.25) is 0 Å². The van der Waals surface area contributed by atoms with Gasteiger partial charge in [0.25, 0.3) is 10.0 Å². The molecule has 3 rings (SSSR count). The van der Waals surface area contributed by atoms with Crippen LogP contribution >= 0.6 is 11.3 Å². The monoisotopic (exact) mass is 280 g/mol. The Balaban J connectivity index is 2.24. The molecule has 0 bridgehead atoms. The van der Waals surface area contributed by atoms with Gasteiger partial charge in [0.1, 0.15) is 0 Å². The summed E-state index contributed by atoms with van der Waals surface area (Å²) in [5.74, 6) is 0. The molecule has 2 N–H and O–H groups in total. The summed E-state index contributed by atoms with van der Waals surface area (Å²) < 4.78 is 23.8. The Labute approximate surface area is 107 Å². The summed E-state index contributed by atoms with van der Waals surface area (Å²) in [6.45, 7) is 0. The fourth-order valence-corrected chi connectivity index (χ4v) is 3.09. The van der Waals surface area contributed by atoms with Gasteiger partial charge in [-0.05, 0) is 0 Å². The van der Waals surface area contributed by atoms with E-state index >= 15 is 0 Å². The lowest BCUT2D eigenvalue weighted by Crippen LogP contribution is -2.12. The van der Waals surface area contributed by atoms with Gasteiger partial charge in [0.15, 0.2) is 0 Å². The van der Waals surface area contributed by atoms with Crippen LogP contribution in [-0.2, 0) is 10.0 Å². The predicted octanol–water partition coefficient (Wildman–Crippen LogP) is 1.11. The van der Waals surface area contributed by atoms with Crippen LogP contribution in [0.25, 0.3) is 16.2 Å². The molecular formula is C10H8N4O2S2. The maximum Gasteiger partial charge on any atom is 0.267 e. The van der Waals surface area contributed by atoms with Crippen LogP contribution in [0.5, 0.6) is 0 Å². The first-order valence-electron chi connectivity index (χ1n) is 4.98. The van der Waals surface area contributed by atoms with Crippen molar-refractivity contribution in [3.63, 3.8) is 0 Å². The summed E-state index contributed by atoms with van der Waals surface area (Å²) in [6.07, 6.45) is 1.65. The van der Waals surface area contributed by atoms with E-state index in [4.69, 9.17) is 5.14 Å². The summed E-state index contributed by atoms with van der Waals surface area (Å²) in [6, 6.07) is 9.49. The minimum absolute atomic E-state index is 0.136. The van der Waals surface area contributed by atoms with E-state index in [1.807, 2.05) is 30.3 Å². The molecule has 0 aliphatic heterocycles. The standard InChI is InChI=1S/C10H8N4O2S2/c11-18(15,16)10-13-14-8(6-12-9(14)17-10)7-4-2-1-3-5-7/h1-6H,(H2,11,15,16). The highest BCUT2D eigenvalue weighted by atomic mass is 32.2. The molecule has 0 radical (unpaired) electrons. The Kier molecular flexibility index (Phi) is 2.44. The fourth-order valence-electron chi connectivity index (χ4n) is 1.60. The Morgan fingerprint density at radius 2 is 1.94 bits per heavy atom. The van der Waals surface area contributed by atoms with Gasteiger partial charge in [-0.15, -0.1) is 5.10 Å². The predicted molar refractivity (Wildman–Crippen MR) is 67.7 cm³/mol. The molecule has 0 unspecified atom stereocenters. The molecule has 1 aromatic carbocycles. The van der Waals surface area contributed by atoms with Crippen LogP contribution in [0.3, 0.4) is 0 Å². The number of aromatic nitrogens is 3. The largest absolute Gasteiger partial charge is 0.267 e. The second-order valence-corrected chi connectivity index (χ2v) is 6.31. The van der Waals surface area contributed by atoms with Crippen LogP contribution in [-0.4, -0.2) is 23.0 Å². The first-order chi connectivity index (χ1) is 8.55. The molecular weight excluding hydrogens is 272 g/mol. The van der Waals surface area contributed by atoms with E-state index in [0.29, 0.717) is 4.96 Å². The second-order valence-electron chi connectivity index (χ2n) is 3.62. The quantitative estimate of drug-likeness (QED) is 0.761. The van der Waals surface area contributed by atoms with E-state index in [9.17, 15) is 8.42 Å². The minimum Gasteiger partial charge on any atom is -0.225 e. The summed E-state index contributed by atoms with van der Waals surface area (Å²) in [5, 5.41) is 9.03. The lowest BCUT2D eigenvalue weighted by molar-refractivity contribution is 0.595. The summed E-state index contributed by atoms with van der Waals surface area (Å²) >= 11 is 0.947. The van der Waals surface area contributed by atoms with E-state index in [2.05, 4.69) is 10.1 Å². The van der Waals surface area contributed by atoms with Gasteiger partial charge < -0.3 is 0 Å². The van der Waals surface area contributed by atoms with Gasteiger partial charge in [-0.3, -0.25) is 0 Å². The number of rotatable bonds is 2. The van der Waals surface area contributed by atoms with E-state index in [1.165, 1.54) is 4.52 Å². The number of imidazole rings is 1. The third-order valence-corrected chi connectivity index (χ3v) is 4.61. The van der Waals surface area contributed by atoms with Crippen LogP contribution < -0.4 is 5.14 Å². The number of sulfonamides is 1. The molecule has 0 amide bonds. The first-order valence-corrected chi connectivity index (χ1v) is 7.35. The molecule has 6 nitrogen and oxygen atoms in total. The summed E-state index contributed by atoms with van der Waals surface area (Å²) in [4.78, 5) is 4.63. The van der Waals surface area contributed by atoms with E-state index in [0.717, 1.165) is 22.6 Å². The molecule has 0 fully saturated rings. The van der Waals surface area contributed by atoms with E-state index in [-0.39, 0.29) is 4.34 Å². The van der Waals surface area contributed by atoms with Gasteiger partial charge in [-0.1, -0.05) is 41.7 Å². The van der Waals surface area contributed by atoms with Gasteiger partial charge in [0.2, 0.25) is 9.30 Å². The zero-order valence-corrected chi connectivity index (χ0v) is 10.6. The Morgan fingerprint density at radius 3 is 2.61 bits per heavy atom. The van der Waals surface area contributed by atoms with Crippen molar-refractivity contribution in [3.05, 3.63) is 36.5 Å². The Hall–Kier alpha value is -1.77. The maximum absolute atomic E-state index is 11.2. The molecule has 3 aromatic rings. The molecule has 2 aromatic heterocycles. The van der Waals surface area contributed by atoms with Crippen LogP contribution in [0.4, 0.5) is 0 Å². The van der Waals surface area contributed by atoms with Gasteiger partial charge in [0.05, 0.1) is 11.9 Å². The molecule has 92 valence electrons. The summed E-state index contributed by atoms with van der Waals surface area (Å²) in [7, 11) is -3.79. The topological polar surface area (TPSA) is 90.4 Å². The van der Waals surface area contributed by atoms with Crippen LogP contribution in [0.15, 0.2) is 40.9 Å². The van der Waals surface area contributed by atoms with Gasteiger partial charge in [-0.25, -0.2) is 23.1 Å². The minimum atomic E-state index is -3.79. The van der Waals surface area contributed by atoms with Gasteiger partial charge in [0, 0.05) is 5.56 Å². The molecule has 2 heterocycles. The molecule has 0 saturated carbocycles. The number of primary sulfonamides is 1. The zero-order chi connectivity index (χ0) is 12.8. The Bertz CT molecular complexity index is 805. The van der Waals surface area contributed by atoms with Crippen LogP contribution in [0, 0.1) is 0 Å². The van der Waals surface area contributed by atoms with E-state index in [1.54, 1.807) is 6.20 Å². The van der Waals surface area contributed by atoms with Crippen molar-refractivity contribution in [2.24, 2.45) is 5.14 Å². The van der Waals surface area contributed by atoms with E-state index < -0.39 is 10.0 Å². The van der Waals surface area contributed by atoms with Crippen molar-refractivity contribution in [1.82, 2.24) is 14.6 Å².